The molecule has 2 aromatic carbocycles. The van der Waals surface area contributed by atoms with E-state index in [2.05, 4.69) is 41.1 Å². The highest BCUT2D eigenvalue weighted by Crippen LogP contribution is 2.24. The Morgan fingerprint density at radius 1 is 0.882 bits per heavy atom. The van der Waals surface area contributed by atoms with Gasteiger partial charge < -0.3 is 10.6 Å². The Hall–Kier alpha value is -3.56. The lowest BCUT2D eigenvalue weighted by Crippen LogP contribution is -2.28. The molecule has 0 aliphatic carbocycles. The summed E-state index contributed by atoms with van der Waals surface area (Å²) < 4.78 is 26.8. The van der Waals surface area contributed by atoms with Crippen molar-refractivity contribution in [2.24, 2.45) is 0 Å². The number of benzene rings is 2. The monoisotopic (exact) mass is 480 g/mol. The second-order valence-electron chi connectivity index (χ2n) is 8.71. The molecule has 0 radical (unpaired) electrons. The maximum absolute atomic E-state index is 12.7. The number of carbonyl (C=O) groups is 2. The van der Waals surface area contributed by atoms with E-state index in [0.29, 0.717) is 16.9 Å². The number of pyridine rings is 1. The highest BCUT2D eigenvalue weighted by Gasteiger charge is 2.16. The molecule has 0 bridgehead atoms. The molecule has 3 aromatic rings. The van der Waals surface area contributed by atoms with E-state index in [1.807, 2.05) is 12.1 Å². The van der Waals surface area contributed by atoms with E-state index in [1.165, 1.54) is 24.5 Å². The first-order valence-electron chi connectivity index (χ1n) is 10.8. The zero-order valence-electron chi connectivity index (χ0n) is 19.3. The third-order valence-electron chi connectivity index (χ3n) is 5.05. The number of carbonyl (C=O) groups excluding carboxylic acids is 2. The highest BCUT2D eigenvalue weighted by molar-refractivity contribution is 7.89. The minimum atomic E-state index is -3.75. The lowest BCUT2D eigenvalue weighted by Gasteiger charge is -2.19. The minimum absolute atomic E-state index is 0.0158. The number of para-hydroxylation sites is 2. The molecule has 0 atom stereocenters. The second kappa shape index (κ2) is 10.6. The van der Waals surface area contributed by atoms with Crippen molar-refractivity contribution in [1.82, 2.24) is 9.71 Å². The first-order chi connectivity index (χ1) is 16.1. The second-order valence-corrected chi connectivity index (χ2v) is 10.5. The van der Waals surface area contributed by atoms with Crippen LogP contribution < -0.4 is 15.4 Å². The fourth-order valence-corrected chi connectivity index (χ4v) is 4.11. The largest absolute Gasteiger partial charge is 0.324 e. The van der Waals surface area contributed by atoms with Gasteiger partial charge in [-0.15, -0.1) is 0 Å². The molecule has 0 aliphatic heterocycles. The SMILES string of the molecule is CC(C)(C)c1ccc(C(=O)Nc2ccccc2NC(=O)CCNS(=O)(=O)c2cccnc2)cc1. The van der Waals surface area contributed by atoms with E-state index in [4.69, 9.17) is 0 Å². The molecule has 0 aliphatic rings. The summed E-state index contributed by atoms with van der Waals surface area (Å²) in [5, 5.41) is 5.54. The van der Waals surface area contributed by atoms with Crippen molar-refractivity contribution in [1.29, 1.82) is 0 Å². The number of sulfonamides is 1. The zero-order valence-corrected chi connectivity index (χ0v) is 20.1. The molecule has 8 nitrogen and oxygen atoms in total. The van der Waals surface area contributed by atoms with E-state index < -0.39 is 15.9 Å². The standard InChI is InChI=1S/C25H28N4O4S/c1-25(2,3)19-12-10-18(11-13-19)24(31)29-22-9-5-4-8-21(22)28-23(30)14-16-27-34(32,33)20-7-6-15-26-17-20/h4-13,15,17,27H,14,16H2,1-3H3,(H,28,30)(H,29,31). The number of hydrogen-bond acceptors (Lipinski definition) is 5. The molecule has 0 fully saturated rings. The van der Waals surface area contributed by atoms with Crippen LogP contribution in [0, 0.1) is 0 Å². The van der Waals surface area contributed by atoms with Crippen LogP contribution in [0.25, 0.3) is 0 Å². The Balaban J connectivity index is 1.59. The fourth-order valence-electron chi connectivity index (χ4n) is 3.12. The van der Waals surface area contributed by atoms with Gasteiger partial charge in [0.15, 0.2) is 0 Å². The van der Waals surface area contributed by atoms with Gasteiger partial charge in [-0.05, 0) is 47.4 Å². The smallest absolute Gasteiger partial charge is 0.255 e. The highest BCUT2D eigenvalue weighted by atomic mass is 32.2. The van der Waals surface area contributed by atoms with Crippen LogP contribution in [0.4, 0.5) is 11.4 Å². The Morgan fingerprint density at radius 2 is 1.53 bits per heavy atom. The van der Waals surface area contributed by atoms with Crippen molar-refractivity contribution in [3.8, 4) is 0 Å². The van der Waals surface area contributed by atoms with E-state index in [9.17, 15) is 18.0 Å². The van der Waals surface area contributed by atoms with Crippen LogP contribution in [0.2, 0.25) is 0 Å². The molecule has 1 aromatic heterocycles. The molecule has 0 spiro atoms. The van der Waals surface area contributed by atoms with E-state index in [1.54, 1.807) is 36.4 Å². The number of nitrogens with one attached hydrogen (secondary N) is 3. The maximum atomic E-state index is 12.7. The van der Waals surface area contributed by atoms with Crippen LogP contribution in [-0.2, 0) is 20.2 Å². The molecular weight excluding hydrogens is 452 g/mol. The third-order valence-corrected chi connectivity index (χ3v) is 6.50. The summed E-state index contributed by atoms with van der Waals surface area (Å²) in [6.07, 6.45) is 2.62. The summed E-state index contributed by atoms with van der Waals surface area (Å²) in [6.45, 7) is 6.22. The van der Waals surface area contributed by atoms with Crippen LogP contribution in [0.1, 0.15) is 43.1 Å². The normalized spacial score (nSPS) is 11.6. The average Bonchev–Trinajstić information content (AvgIpc) is 2.80. The molecule has 3 rings (SSSR count). The summed E-state index contributed by atoms with van der Waals surface area (Å²) in [7, 11) is -3.75. The Kier molecular flexibility index (Phi) is 7.80. The maximum Gasteiger partial charge on any atom is 0.255 e. The number of rotatable bonds is 8. The van der Waals surface area contributed by atoms with Gasteiger partial charge in [-0.25, -0.2) is 13.1 Å². The lowest BCUT2D eigenvalue weighted by atomic mass is 9.87. The number of aromatic nitrogens is 1. The van der Waals surface area contributed by atoms with Gasteiger partial charge in [0, 0.05) is 30.9 Å². The minimum Gasteiger partial charge on any atom is -0.324 e. The fraction of sp³-hybridized carbons (Fsp3) is 0.240. The molecule has 2 amide bonds. The van der Waals surface area contributed by atoms with Gasteiger partial charge in [-0.1, -0.05) is 45.0 Å². The molecular formula is C25H28N4O4S. The van der Waals surface area contributed by atoms with Crippen molar-refractivity contribution >= 4 is 33.2 Å². The summed E-state index contributed by atoms with van der Waals surface area (Å²) in [4.78, 5) is 28.9. The molecule has 178 valence electrons. The summed E-state index contributed by atoms with van der Waals surface area (Å²) >= 11 is 0. The van der Waals surface area contributed by atoms with Gasteiger partial charge in [0.05, 0.1) is 11.4 Å². The summed E-state index contributed by atoms with van der Waals surface area (Å²) in [5.41, 5.74) is 2.46. The van der Waals surface area contributed by atoms with Gasteiger partial charge in [-0.2, -0.15) is 0 Å². The Labute approximate surface area is 199 Å². The third kappa shape index (κ3) is 6.72. The van der Waals surface area contributed by atoms with Gasteiger partial charge in [-0.3, -0.25) is 14.6 Å². The van der Waals surface area contributed by atoms with Crippen LogP contribution >= 0.6 is 0 Å². The number of anilines is 2. The van der Waals surface area contributed by atoms with Gasteiger partial charge >= 0.3 is 0 Å². The van der Waals surface area contributed by atoms with Crippen molar-refractivity contribution in [2.45, 2.75) is 37.5 Å². The Morgan fingerprint density at radius 3 is 2.12 bits per heavy atom. The van der Waals surface area contributed by atoms with Gasteiger partial charge in [0.25, 0.3) is 5.91 Å². The predicted molar refractivity (Wildman–Crippen MR) is 132 cm³/mol. The number of hydrogen-bond donors (Lipinski definition) is 3. The molecule has 3 N–H and O–H groups in total. The van der Waals surface area contributed by atoms with Crippen LogP contribution in [0.15, 0.2) is 78.0 Å². The zero-order chi connectivity index (χ0) is 24.8. The van der Waals surface area contributed by atoms with E-state index >= 15 is 0 Å². The molecule has 1 heterocycles. The summed E-state index contributed by atoms with van der Waals surface area (Å²) in [5.74, 6) is -0.698. The molecule has 0 unspecified atom stereocenters. The molecule has 9 heteroatoms. The van der Waals surface area contributed by atoms with Crippen LogP contribution in [0.5, 0.6) is 0 Å². The topological polar surface area (TPSA) is 117 Å². The average molecular weight is 481 g/mol. The van der Waals surface area contributed by atoms with Crippen molar-refractivity contribution in [2.75, 3.05) is 17.2 Å². The Bertz CT molecular complexity index is 1250. The van der Waals surface area contributed by atoms with Gasteiger partial charge in [0.1, 0.15) is 4.90 Å². The van der Waals surface area contributed by atoms with Crippen molar-refractivity contribution in [3.63, 3.8) is 0 Å². The molecule has 34 heavy (non-hydrogen) atoms. The van der Waals surface area contributed by atoms with E-state index in [-0.39, 0.29) is 29.2 Å². The van der Waals surface area contributed by atoms with Crippen molar-refractivity contribution in [3.05, 3.63) is 84.2 Å². The molecule has 0 saturated carbocycles. The first-order valence-corrected chi connectivity index (χ1v) is 12.2. The predicted octanol–water partition coefficient (Wildman–Crippen LogP) is 3.94. The molecule has 0 saturated heterocycles. The lowest BCUT2D eigenvalue weighted by molar-refractivity contribution is -0.116. The summed E-state index contributed by atoms with van der Waals surface area (Å²) in [6, 6.07) is 17.2. The quantitative estimate of drug-likeness (QED) is 0.451. The van der Waals surface area contributed by atoms with E-state index in [0.717, 1.165) is 5.56 Å². The van der Waals surface area contributed by atoms with Crippen LogP contribution in [-0.4, -0.2) is 31.8 Å². The van der Waals surface area contributed by atoms with Crippen LogP contribution in [0.3, 0.4) is 0 Å². The first kappa shape index (κ1) is 25.1. The number of nitrogens with zero attached hydrogens (tertiary/aromatic N) is 1. The number of amides is 2. The van der Waals surface area contributed by atoms with Crippen molar-refractivity contribution < 1.29 is 18.0 Å². The van der Waals surface area contributed by atoms with Gasteiger partial charge in [0.2, 0.25) is 15.9 Å².